The zero-order valence-corrected chi connectivity index (χ0v) is 9.09. The first-order chi connectivity index (χ1) is 8.50. The molecule has 1 atom stereocenters. The molecule has 0 bridgehead atoms. The number of halogens is 3. The Bertz CT molecular complexity index is 527. The van der Waals surface area contributed by atoms with E-state index in [-0.39, 0.29) is 5.56 Å². The zero-order valence-electron chi connectivity index (χ0n) is 9.09. The maximum Gasteiger partial charge on any atom is 0.416 e. The summed E-state index contributed by atoms with van der Waals surface area (Å²) < 4.78 is 38.4. The Hall–Kier alpha value is -2.02. The van der Waals surface area contributed by atoms with Crippen molar-refractivity contribution in [1.82, 2.24) is 15.2 Å². The fourth-order valence-corrected chi connectivity index (χ4v) is 1.58. The minimum atomic E-state index is -4.46. The average Bonchev–Trinajstić information content (AvgIpc) is 2.38. The monoisotopic (exact) mass is 254 g/mol. The molecule has 0 spiro atoms. The molecule has 0 fully saturated rings. The summed E-state index contributed by atoms with van der Waals surface area (Å²) >= 11 is 0. The number of alkyl halides is 3. The van der Waals surface area contributed by atoms with Crippen LogP contribution in [0.15, 0.2) is 36.9 Å². The number of pyridine rings is 1. The Labute approximate surface area is 101 Å². The van der Waals surface area contributed by atoms with Gasteiger partial charge >= 0.3 is 6.18 Å². The summed E-state index contributed by atoms with van der Waals surface area (Å²) in [6, 6.07) is 1.49. The van der Waals surface area contributed by atoms with E-state index in [2.05, 4.69) is 15.2 Å². The molecule has 2 aromatic rings. The molecule has 94 valence electrons. The molecule has 0 saturated heterocycles. The van der Waals surface area contributed by atoms with Crippen LogP contribution in [0.3, 0.4) is 0 Å². The van der Waals surface area contributed by atoms with Crippen LogP contribution < -0.4 is 5.73 Å². The van der Waals surface area contributed by atoms with Crippen molar-refractivity contribution in [3.8, 4) is 0 Å². The zero-order chi connectivity index (χ0) is 13.2. The van der Waals surface area contributed by atoms with Gasteiger partial charge in [-0.3, -0.25) is 4.98 Å². The van der Waals surface area contributed by atoms with Gasteiger partial charge in [0.15, 0.2) is 0 Å². The average molecular weight is 254 g/mol. The highest BCUT2D eigenvalue weighted by Gasteiger charge is 2.34. The molecule has 0 aromatic carbocycles. The van der Waals surface area contributed by atoms with Crippen LogP contribution in [0.2, 0.25) is 0 Å². The molecule has 4 nitrogen and oxygen atoms in total. The molecular weight excluding hydrogens is 245 g/mol. The Balaban J connectivity index is 2.46. The number of nitrogens with zero attached hydrogens (tertiary/aromatic N) is 3. The first-order valence-electron chi connectivity index (χ1n) is 5.03. The molecule has 0 aliphatic carbocycles. The van der Waals surface area contributed by atoms with Gasteiger partial charge in [0.2, 0.25) is 0 Å². The van der Waals surface area contributed by atoms with Crippen LogP contribution in [0.1, 0.15) is 22.7 Å². The van der Waals surface area contributed by atoms with Crippen molar-refractivity contribution < 1.29 is 13.2 Å². The lowest BCUT2D eigenvalue weighted by atomic mass is 9.98. The lowest BCUT2D eigenvalue weighted by molar-refractivity contribution is -0.138. The fourth-order valence-electron chi connectivity index (χ4n) is 1.58. The summed E-state index contributed by atoms with van der Waals surface area (Å²) in [6.07, 6.45) is 0.449. The van der Waals surface area contributed by atoms with Gasteiger partial charge in [-0.1, -0.05) is 0 Å². The van der Waals surface area contributed by atoms with Gasteiger partial charge in [-0.05, 0) is 17.7 Å². The smallest absolute Gasteiger partial charge is 0.320 e. The summed E-state index contributed by atoms with van der Waals surface area (Å²) in [5.41, 5.74) is 5.38. The Morgan fingerprint density at radius 1 is 1.06 bits per heavy atom. The molecule has 0 amide bonds. The first-order valence-corrected chi connectivity index (χ1v) is 5.03. The van der Waals surface area contributed by atoms with Crippen molar-refractivity contribution in [2.24, 2.45) is 5.73 Å². The first kappa shape index (κ1) is 12.4. The van der Waals surface area contributed by atoms with Gasteiger partial charge in [0.25, 0.3) is 0 Å². The largest absolute Gasteiger partial charge is 0.416 e. The van der Waals surface area contributed by atoms with Crippen molar-refractivity contribution >= 4 is 0 Å². The van der Waals surface area contributed by atoms with E-state index >= 15 is 0 Å². The van der Waals surface area contributed by atoms with E-state index in [0.29, 0.717) is 5.56 Å². The summed E-state index contributed by atoms with van der Waals surface area (Å²) in [7, 11) is 0. The minimum Gasteiger partial charge on any atom is -0.320 e. The quantitative estimate of drug-likeness (QED) is 0.889. The second-order valence-corrected chi connectivity index (χ2v) is 3.61. The molecule has 0 radical (unpaired) electrons. The van der Waals surface area contributed by atoms with E-state index in [9.17, 15) is 13.2 Å². The van der Waals surface area contributed by atoms with E-state index in [0.717, 1.165) is 18.5 Å². The highest BCUT2D eigenvalue weighted by Crippen LogP contribution is 2.34. The van der Waals surface area contributed by atoms with E-state index in [1.165, 1.54) is 18.5 Å². The number of rotatable bonds is 2. The van der Waals surface area contributed by atoms with E-state index in [4.69, 9.17) is 5.73 Å². The standard InChI is InChI=1S/C11H9F3N4/c12-11(13,14)9-2-3-16-6-8(9)10(15)7-1-4-17-18-5-7/h1-6,10H,15H2. The summed E-state index contributed by atoms with van der Waals surface area (Å²) in [4.78, 5) is 3.69. The molecule has 18 heavy (non-hydrogen) atoms. The number of hydrogen-bond donors (Lipinski definition) is 1. The van der Waals surface area contributed by atoms with E-state index in [1.54, 1.807) is 0 Å². The predicted molar refractivity (Wildman–Crippen MR) is 57.3 cm³/mol. The topological polar surface area (TPSA) is 64.7 Å². The van der Waals surface area contributed by atoms with Gasteiger partial charge in [-0.15, -0.1) is 0 Å². The molecule has 2 aromatic heterocycles. The molecule has 1 unspecified atom stereocenters. The third-order valence-electron chi connectivity index (χ3n) is 2.46. The summed E-state index contributed by atoms with van der Waals surface area (Å²) in [5, 5.41) is 7.14. The fraction of sp³-hybridized carbons (Fsp3) is 0.182. The Morgan fingerprint density at radius 2 is 1.83 bits per heavy atom. The van der Waals surface area contributed by atoms with Gasteiger partial charge in [0, 0.05) is 24.2 Å². The molecule has 0 aliphatic heterocycles. The second-order valence-electron chi connectivity index (χ2n) is 3.61. The summed E-state index contributed by atoms with van der Waals surface area (Å²) in [5.74, 6) is 0. The third kappa shape index (κ3) is 2.45. The molecule has 2 N–H and O–H groups in total. The highest BCUT2D eigenvalue weighted by molar-refractivity contribution is 5.35. The second kappa shape index (κ2) is 4.69. The van der Waals surface area contributed by atoms with Crippen molar-refractivity contribution in [3.63, 3.8) is 0 Å². The number of aromatic nitrogens is 3. The Morgan fingerprint density at radius 3 is 2.44 bits per heavy atom. The van der Waals surface area contributed by atoms with Gasteiger partial charge in [0.1, 0.15) is 0 Å². The maximum absolute atomic E-state index is 12.8. The van der Waals surface area contributed by atoms with Crippen LogP contribution in [0.25, 0.3) is 0 Å². The highest BCUT2D eigenvalue weighted by atomic mass is 19.4. The molecule has 2 rings (SSSR count). The van der Waals surface area contributed by atoms with Crippen LogP contribution in [0.4, 0.5) is 13.2 Å². The molecule has 7 heteroatoms. The van der Waals surface area contributed by atoms with Crippen LogP contribution in [0.5, 0.6) is 0 Å². The van der Waals surface area contributed by atoms with Gasteiger partial charge in [-0.2, -0.15) is 23.4 Å². The SMILES string of the molecule is NC(c1ccnnc1)c1cnccc1C(F)(F)F. The van der Waals surface area contributed by atoms with Crippen molar-refractivity contribution in [2.75, 3.05) is 0 Å². The van der Waals surface area contributed by atoms with E-state index < -0.39 is 17.8 Å². The van der Waals surface area contributed by atoms with Gasteiger partial charge < -0.3 is 5.73 Å². The summed E-state index contributed by atoms with van der Waals surface area (Å²) in [6.45, 7) is 0. The molecule has 2 heterocycles. The van der Waals surface area contributed by atoms with Crippen LogP contribution in [-0.4, -0.2) is 15.2 Å². The minimum absolute atomic E-state index is 0.0852. The number of hydrogen-bond acceptors (Lipinski definition) is 4. The molecule has 0 aliphatic rings. The van der Waals surface area contributed by atoms with Crippen LogP contribution in [0, 0.1) is 0 Å². The predicted octanol–water partition coefficient (Wildman–Crippen LogP) is 1.94. The lowest BCUT2D eigenvalue weighted by Crippen LogP contribution is -2.19. The lowest BCUT2D eigenvalue weighted by Gasteiger charge is -2.17. The number of nitrogens with two attached hydrogens (primary N) is 1. The van der Waals surface area contributed by atoms with Gasteiger partial charge in [0.05, 0.1) is 17.8 Å². The van der Waals surface area contributed by atoms with Crippen LogP contribution >= 0.6 is 0 Å². The third-order valence-corrected chi connectivity index (χ3v) is 2.46. The Kier molecular flexibility index (Phi) is 3.24. The van der Waals surface area contributed by atoms with Crippen molar-refractivity contribution in [1.29, 1.82) is 0 Å². The molecule has 0 saturated carbocycles. The normalized spacial score (nSPS) is 13.3. The molecular formula is C11H9F3N4. The van der Waals surface area contributed by atoms with Crippen molar-refractivity contribution in [3.05, 3.63) is 53.6 Å². The maximum atomic E-state index is 12.8. The van der Waals surface area contributed by atoms with Gasteiger partial charge in [-0.25, -0.2) is 0 Å². The van der Waals surface area contributed by atoms with E-state index in [1.807, 2.05) is 0 Å². The van der Waals surface area contributed by atoms with Crippen LogP contribution in [-0.2, 0) is 6.18 Å². The van der Waals surface area contributed by atoms with Crippen molar-refractivity contribution in [2.45, 2.75) is 12.2 Å².